The largest absolute Gasteiger partial charge is 0.397 e. The van der Waals surface area contributed by atoms with Gasteiger partial charge in [0.05, 0.1) is 11.7 Å². The molecule has 0 aliphatic rings. The predicted octanol–water partition coefficient (Wildman–Crippen LogP) is 1.76. The Morgan fingerprint density at radius 1 is 1.45 bits per heavy atom. The molecule has 2 heterocycles. The zero-order valence-corrected chi connectivity index (χ0v) is 12.4. The van der Waals surface area contributed by atoms with Crippen LogP contribution < -0.4 is 11.1 Å². The number of hydrogen-bond acceptors (Lipinski definition) is 5. The topological polar surface area (TPSA) is 71.2 Å². The summed E-state index contributed by atoms with van der Waals surface area (Å²) in [6.07, 6.45) is 1.56. The molecule has 0 saturated carbocycles. The highest BCUT2D eigenvalue weighted by Gasteiger charge is 2.18. The van der Waals surface area contributed by atoms with Crippen LogP contribution in [0.4, 0.5) is 5.69 Å². The minimum absolute atomic E-state index is 0.142. The maximum Gasteiger partial charge on any atom is 0.272 e. The van der Waals surface area contributed by atoms with E-state index in [1.807, 2.05) is 25.5 Å². The van der Waals surface area contributed by atoms with E-state index in [1.165, 1.54) is 4.88 Å². The molecule has 3 N–H and O–H groups in total. The van der Waals surface area contributed by atoms with Crippen LogP contribution in [0.2, 0.25) is 0 Å². The van der Waals surface area contributed by atoms with Crippen molar-refractivity contribution in [3.8, 4) is 0 Å². The lowest BCUT2D eigenvalue weighted by atomic mass is 10.2. The molecule has 1 unspecified atom stereocenters. The molecule has 2 aromatic rings. The summed E-state index contributed by atoms with van der Waals surface area (Å²) in [4.78, 5) is 19.4. The standard InChI is InChI=1S/C14H18N4OS/c1-18(2)11(12-6-4-8-20-12)9-17-14(19)13-10(15)5-3-7-16-13/h3-8,11H,9,15H2,1-2H3,(H,17,19). The lowest BCUT2D eigenvalue weighted by Crippen LogP contribution is -2.34. The molecule has 2 rings (SSSR count). The van der Waals surface area contributed by atoms with E-state index < -0.39 is 0 Å². The van der Waals surface area contributed by atoms with E-state index in [0.717, 1.165) is 0 Å². The highest BCUT2D eigenvalue weighted by atomic mass is 32.1. The third kappa shape index (κ3) is 3.34. The number of likely N-dealkylation sites (N-methyl/N-ethyl adjacent to an activating group) is 1. The lowest BCUT2D eigenvalue weighted by Gasteiger charge is -2.23. The van der Waals surface area contributed by atoms with E-state index in [1.54, 1.807) is 29.7 Å². The number of anilines is 1. The smallest absolute Gasteiger partial charge is 0.272 e. The Labute approximate surface area is 122 Å². The number of carbonyl (C=O) groups excluding carboxylic acids is 1. The molecule has 0 fully saturated rings. The van der Waals surface area contributed by atoms with E-state index >= 15 is 0 Å². The van der Waals surface area contributed by atoms with Crippen molar-refractivity contribution < 1.29 is 4.79 Å². The average Bonchev–Trinajstić information content (AvgIpc) is 2.92. The minimum Gasteiger partial charge on any atom is -0.397 e. The molecule has 0 saturated heterocycles. The summed E-state index contributed by atoms with van der Waals surface area (Å²) in [5, 5.41) is 4.93. The van der Waals surface area contributed by atoms with Crippen LogP contribution in [0.15, 0.2) is 35.8 Å². The maximum atomic E-state index is 12.1. The molecule has 0 aliphatic carbocycles. The number of rotatable bonds is 5. The van der Waals surface area contributed by atoms with E-state index in [0.29, 0.717) is 12.2 Å². The van der Waals surface area contributed by atoms with Gasteiger partial charge in [0.1, 0.15) is 0 Å². The van der Waals surface area contributed by atoms with Crippen LogP contribution in [0.1, 0.15) is 21.4 Å². The minimum atomic E-state index is -0.244. The Balaban J connectivity index is 2.03. The zero-order chi connectivity index (χ0) is 14.5. The number of carbonyl (C=O) groups is 1. The van der Waals surface area contributed by atoms with Crippen molar-refractivity contribution in [3.63, 3.8) is 0 Å². The van der Waals surface area contributed by atoms with Crippen LogP contribution in [-0.2, 0) is 0 Å². The molecule has 0 aromatic carbocycles. The van der Waals surface area contributed by atoms with Crippen molar-refractivity contribution in [1.29, 1.82) is 0 Å². The molecule has 0 spiro atoms. The number of hydrogen-bond donors (Lipinski definition) is 2. The van der Waals surface area contributed by atoms with Gasteiger partial charge in [0.2, 0.25) is 0 Å². The first-order valence-corrected chi connectivity index (χ1v) is 7.16. The van der Waals surface area contributed by atoms with Gasteiger partial charge in [-0.3, -0.25) is 4.79 Å². The summed E-state index contributed by atoms with van der Waals surface area (Å²) in [7, 11) is 3.98. The van der Waals surface area contributed by atoms with E-state index in [4.69, 9.17) is 5.73 Å². The summed E-state index contributed by atoms with van der Waals surface area (Å²) in [6, 6.07) is 7.60. The van der Waals surface area contributed by atoms with E-state index in [-0.39, 0.29) is 17.6 Å². The van der Waals surface area contributed by atoms with Crippen molar-refractivity contribution >= 4 is 22.9 Å². The summed E-state index contributed by atoms with van der Waals surface area (Å²) >= 11 is 1.68. The second-order valence-corrected chi connectivity index (χ2v) is 5.63. The third-order valence-corrected chi connectivity index (χ3v) is 3.98. The van der Waals surface area contributed by atoms with Crippen LogP contribution in [-0.4, -0.2) is 36.4 Å². The summed E-state index contributed by atoms with van der Waals surface area (Å²) in [6.45, 7) is 0.516. The first-order chi connectivity index (χ1) is 9.59. The summed E-state index contributed by atoms with van der Waals surface area (Å²) in [5.74, 6) is -0.244. The van der Waals surface area contributed by atoms with Crippen LogP contribution in [0.25, 0.3) is 0 Å². The molecule has 0 aliphatic heterocycles. The Kier molecular flexibility index (Phi) is 4.70. The number of nitrogens with zero attached hydrogens (tertiary/aromatic N) is 2. The maximum absolute atomic E-state index is 12.1. The predicted molar refractivity (Wildman–Crippen MR) is 81.7 cm³/mol. The molecule has 20 heavy (non-hydrogen) atoms. The number of pyridine rings is 1. The normalized spacial score (nSPS) is 12.3. The molecule has 2 aromatic heterocycles. The van der Waals surface area contributed by atoms with Gasteiger partial charge in [-0.05, 0) is 37.7 Å². The van der Waals surface area contributed by atoms with Crippen molar-refractivity contribution in [2.45, 2.75) is 6.04 Å². The van der Waals surface area contributed by atoms with Gasteiger partial charge < -0.3 is 16.0 Å². The van der Waals surface area contributed by atoms with Crippen molar-refractivity contribution in [2.24, 2.45) is 0 Å². The Bertz CT molecular complexity index is 568. The molecule has 0 radical (unpaired) electrons. The monoisotopic (exact) mass is 290 g/mol. The first kappa shape index (κ1) is 14.5. The highest BCUT2D eigenvalue weighted by Crippen LogP contribution is 2.22. The fourth-order valence-electron chi connectivity index (χ4n) is 1.90. The van der Waals surface area contributed by atoms with Gasteiger partial charge in [0, 0.05) is 17.6 Å². The van der Waals surface area contributed by atoms with Crippen LogP contribution in [0.5, 0.6) is 0 Å². The number of nitrogen functional groups attached to an aromatic ring is 1. The van der Waals surface area contributed by atoms with Gasteiger partial charge in [-0.25, -0.2) is 4.98 Å². The van der Waals surface area contributed by atoms with Gasteiger partial charge in [0.15, 0.2) is 5.69 Å². The van der Waals surface area contributed by atoms with Gasteiger partial charge in [-0.15, -0.1) is 11.3 Å². The Hall–Kier alpha value is -1.92. The van der Waals surface area contributed by atoms with Crippen LogP contribution in [0.3, 0.4) is 0 Å². The second kappa shape index (κ2) is 6.49. The van der Waals surface area contributed by atoms with Gasteiger partial charge in [-0.2, -0.15) is 0 Å². The molecule has 1 atom stereocenters. The first-order valence-electron chi connectivity index (χ1n) is 6.28. The molecule has 6 heteroatoms. The molecular formula is C14H18N4OS. The Morgan fingerprint density at radius 2 is 2.25 bits per heavy atom. The molecule has 5 nitrogen and oxygen atoms in total. The van der Waals surface area contributed by atoms with Crippen LogP contribution in [0, 0.1) is 0 Å². The quantitative estimate of drug-likeness (QED) is 0.880. The van der Waals surface area contributed by atoms with Crippen LogP contribution >= 0.6 is 11.3 Å². The lowest BCUT2D eigenvalue weighted by molar-refractivity contribution is 0.0938. The van der Waals surface area contributed by atoms with E-state index in [9.17, 15) is 4.79 Å². The molecule has 0 bridgehead atoms. The zero-order valence-electron chi connectivity index (χ0n) is 11.5. The summed E-state index contributed by atoms with van der Waals surface area (Å²) < 4.78 is 0. The number of aromatic nitrogens is 1. The van der Waals surface area contributed by atoms with Gasteiger partial charge >= 0.3 is 0 Å². The Morgan fingerprint density at radius 3 is 2.85 bits per heavy atom. The molecule has 106 valence electrons. The number of nitrogens with one attached hydrogen (secondary N) is 1. The van der Waals surface area contributed by atoms with Crippen molar-refractivity contribution in [1.82, 2.24) is 15.2 Å². The average molecular weight is 290 g/mol. The number of nitrogens with two attached hydrogens (primary N) is 1. The highest BCUT2D eigenvalue weighted by molar-refractivity contribution is 7.10. The van der Waals surface area contributed by atoms with Crippen molar-refractivity contribution in [3.05, 3.63) is 46.4 Å². The number of thiophene rings is 1. The SMILES string of the molecule is CN(C)C(CNC(=O)c1ncccc1N)c1cccs1. The molecular weight excluding hydrogens is 272 g/mol. The van der Waals surface area contributed by atoms with Gasteiger partial charge in [0.25, 0.3) is 5.91 Å². The second-order valence-electron chi connectivity index (χ2n) is 4.65. The van der Waals surface area contributed by atoms with E-state index in [2.05, 4.69) is 21.3 Å². The number of amides is 1. The summed E-state index contributed by atoms with van der Waals surface area (Å²) in [5.41, 5.74) is 6.42. The van der Waals surface area contributed by atoms with Gasteiger partial charge in [-0.1, -0.05) is 6.07 Å². The van der Waals surface area contributed by atoms with Crippen molar-refractivity contribution in [2.75, 3.05) is 26.4 Å². The fourth-order valence-corrected chi connectivity index (χ4v) is 2.82. The fraction of sp³-hybridized carbons (Fsp3) is 0.286. The molecule has 1 amide bonds. The third-order valence-electron chi connectivity index (χ3n) is 3.00.